The van der Waals surface area contributed by atoms with Gasteiger partial charge < -0.3 is 10.1 Å². The number of benzene rings is 1. The molecule has 9 heteroatoms. The third kappa shape index (κ3) is 5.48. The molecule has 0 spiro atoms. The zero-order chi connectivity index (χ0) is 20.1. The van der Waals surface area contributed by atoms with Gasteiger partial charge in [-0.2, -0.15) is 4.31 Å². The van der Waals surface area contributed by atoms with Crippen LogP contribution in [0.1, 0.15) is 32.1 Å². The molecule has 1 aromatic rings. The second kappa shape index (κ2) is 9.28. The fraction of sp³-hybridized carbons (Fsp3) is 0.632. The first kappa shape index (κ1) is 21.1. The van der Waals surface area contributed by atoms with Crippen LogP contribution in [-0.2, 0) is 19.6 Å². The Kier molecular flexibility index (Phi) is 7.00. The highest BCUT2D eigenvalue weighted by Crippen LogP contribution is 2.28. The van der Waals surface area contributed by atoms with E-state index in [1.165, 1.54) is 17.1 Å². The van der Waals surface area contributed by atoms with Crippen LogP contribution < -0.4 is 5.32 Å². The highest BCUT2D eigenvalue weighted by atomic mass is 32.2. The molecular formula is C19H26F2N2O4S. The van der Waals surface area contributed by atoms with Crippen LogP contribution in [0.25, 0.3) is 0 Å². The molecule has 1 N–H and O–H groups in total. The molecule has 1 aliphatic heterocycles. The summed E-state index contributed by atoms with van der Waals surface area (Å²) in [4.78, 5) is 12.0. The molecule has 1 heterocycles. The molecule has 6 nitrogen and oxygen atoms in total. The van der Waals surface area contributed by atoms with Crippen molar-refractivity contribution in [3.63, 3.8) is 0 Å². The summed E-state index contributed by atoms with van der Waals surface area (Å²) in [6.07, 6.45) is 4.05. The lowest BCUT2D eigenvalue weighted by atomic mass is 9.97. The Balaban J connectivity index is 1.41. The summed E-state index contributed by atoms with van der Waals surface area (Å²) in [6, 6.07) is 2.55. The summed E-state index contributed by atoms with van der Waals surface area (Å²) in [5.74, 6) is -1.89. The summed E-state index contributed by atoms with van der Waals surface area (Å²) in [6.45, 7) is 2.31. The predicted octanol–water partition coefficient (Wildman–Crippen LogP) is 2.30. The standard InChI is InChI=1S/C19H26F2N2O4S/c20-17-5-4-16(12-18(17)21)28(25,26)23-9-6-15(7-10-23)19(24)22-8-1-11-27-13-14-2-3-14/h4-5,12,14-15H,1-3,6-11,13H2,(H,22,24). The lowest BCUT2D eigenvalue weighted by Crippen LogP contribution is -2.43. The molecule has 0 aromatic heterocycles. The Morgan fingerprint density at radius 2 is 1.86 bits per heavy atom. The molecule has 1 amide bonds. The molecule has 0 radical (unpaired) electrons. The zero-order valence-electron chi connectivity index (χ0n) is 15.7. The fourth-order valence-electron chi connectivity index (χ4n) is 3.21. The van der Waals surface area contributed by atoms with Gasteiger partial charge in [-0.15, -0.1) is 0 Å². The average molecular weight is 416 g/mol. The number of carbonyl (C=O) groups is 1. The van der Waals surface area contributed by atoms with Gasteiger partial charge in [0.2, 0.25) is 15.9 Å². The maximum atomic E-state index is 13.4. The Morgan fingerprint density at radius 1 is 1.14 bits per heavy atom. The number of halogens is 2. The van der Waals surface area contributed by atoms with Crippen LogP contribution in [0.4, 0.5) is 8.78 Å². The van der Waals surface area contributed by atoms with Crippen LogP contribution in [0.5, 0.6) is 0 Å². The van der Waals surface area contributed by atoms with E-state index in [2.05, 4.69) is 5.32 Å². The fourth-order valence-corrected chi connectivity index (χ4v) is 4.69. The Hall–Kier alpha value is -1.58. The lowest BCUT2D eigenvalue weighted by molar-refractivity contribution is -0.126. The van der Waals surface area contributed by atoms with Crippen LogP contribution in [-0.4, -0.2) is 51.5 Å². The molecular weight excluding hydrogens is 390 g/mol. The van der Waals surface area contributed by atoms with Crippen LogP contribution in [0.15, 0.2) is 23.1 Å². The normalized spacial score (nSPS) is 18.9. The maximum Gasteiger partial charge on any atom is 0.243 e. The highest BCUT2D eigenvalue weighted by Gasteiger charge is 2.32. The van der Waals surface area contributed by atoms with Crippen molar-refractivity contribution in [2.45, 2.75) is 37.0 Å². The Bertz CT molecular complexity index is 791. The number of sulfonamides is 1. The molecule has 28 heavy (non-hydrogen) atoms. The van der Waals surface area contributed by atoms with Crippen molar-refractivity contribution < 1.29 is 26.7 Å². The largest absolute Gasteiger partial charge is 0.381 e. The van der Waals surface area contributed by atoms with Crippen molar-refractivity contribution in [2.75, 3.05) is 32.8 Å². The van der Waals surface area contributed by atoms with E-state index in [-0.39, 0.29) is 29.8 Å². The summed E-state index contributed by atoms with van der Waals surface area (Å²) in [5, 5.41) is 2.88. The second-order valence-corrected chi connectivity index (χ2v) is 9.36. The first-order chi connectivity index (χ1) is 13.4. The van der Waals surface area contributed by atoms with E-state index in [0.29, 0.717) is 32.1 Å². The minimum atomic E-state index is -3.90. The number of rotatable bonds is 9. The smallest absolute Gasteiger partial charge is 0.243 e. The quantitative estimate of drug-likeness (QED) is 0.627. The van der Waals surface area contributed by atoms with Crippen LogP contribution >= 0.6 is 0 Å². The van der Waals surface area contributed by atoms with Gasteiger partial charge in [0.1, 0.15) is 0 Å². The molecule has 0 atom stereocenters. The minimum absolute atomic E-state index is 0.0768. The van der Waals surface area contributed by atoms with Gasteiger partial charge in [-0.25, -0.2) is 17.2 Å². The van der Waals surface area contributed by atoms with Crippen molar-refractivity contribution >= 4 is 15.9 Å². The summed E-state index contributed by atoms with van der Waals surface area (Å²) >= 11 is 0. The van der Waals surface area contributed by atoms with Gasteiger partial charge in [-0.3, -0.25) is 4.79 Å². The molecule has 156 valence electrons. The van der Waals surface area contributed by atoms with Crippen molar-refractivity contribution in [3.05, 3.63) is 29.8 Å². The minimum Gasteiger partial charge on any atom is -0.381 e. The molecule has 1 aliphatic carbocycles. The summed E-state index contributed by atoms with van der Waals surface area (Å²) in [5.41, 5.74) is 0. The molecule has 1 saturated carbocycles. The van der Waals surface area contributed by atoms with E-state index < -0.39 is 21.7 Å². The topological polar surface area (TPSA) is 75.7 Å². The third-order valence-corrected chi connectivity index (χ3v) is 7.06. The third-order valence-electron chi connectivity index (χ3n) is 5.17. The Morgan fingerprint density at radius 3 is 2.50 bits per heavy atom. The SMILES string of the molecule is O=C(NCCCOCC1CC1)C1CCN(S(=O)(=O)c2ccc(F)c(F)c2)CC1. The van der Waals surface area contributed by atoms with Crippen LogP contribution in [0, 0.1) is 23.5 Å². The number of ether oxygens (including phenoxy) is 1. The molecule has 0 unspecified atom stereocenters. The van der Waals surface area contributed by atoms with Crippen molar-refractivity contribution in [1.29, 1.82) is 0 Å². The van der Waals surface area contributed by atoms with Gasteiger partial charge >= 0.3 is 0 Å². The first-order valence-electron chi connectivity index (χ1n) is 9.68. The van der Waals surface area contributed by atoms with E-state index >= 15 is 0 Å². The zero-order valence-corrected chi connectivity index (χ0v) is 16.5. The van der Waals surface area contributed by atoms with E-state index in [1.54, 1.807) is 0 Å². The predicted molar refractivity (Wildman–Crippen MR) is 99.0 cm³/mol. The second-order valence-electron chi connectivity index (χ2n) is 7.42. The van der Waals surface area contributed by atoms with E-state index in [0.717, 1.165) is 31.1 Å². The molecule has 1 aromatic carbocycles. The van der Waals surface area contributed by atoms with Gasteiger partial charge in [0, 0.05) is 38.8 Å². The van der Waals surface area contributed by atoms with E-state index in [9.17, 15) is 22.0 Å². The van der Waals surface area contributed by atoms with Crippen LogP contribution in [0.3, 0.4) is 0 Å². The average Bonchev–Trinajstić information content (AvgIpc) is 3.51. The molecule has 2 aliphatic rings. The van der Waals surface area contributed by atoms with Crippen LogP contribution in [0.2, 0.25) is 0 Å². The number of hydrogen-bond acceptors (Lipinski definition) is 4. The first-order valence-corrected chi connectivity index (χ1v) is 11.1. The number of carbonyl (C=O) groups excluding carboxylic acids is 1. The lowest BCUT2D eigenvalue weighted by Gasteiger charge is -2.30. The van der Waals surface area contributed by atoms with Gasteiger partial charge in [-0.1, -0.05) is 0 Å². The number of piperidine rings is 1. The molecule has 2 fully saturated rings. The van der Waals surface area contributed by atoms with E-state index in [4.69, 9.17) is 4.74 Å². The van der Waals surface area contributed by atoms with E-state index in [1.807, 2.05) is 0 Å². The van der Waals surface area contributed by atoms with Crippen molar-refractivity contribution in [3.8, 4) is 0 Å². The maximum absolute atomic E-state index is 13.4. The monoisotopic (exact) mass is 416 g/mol. The van der Waals surface area contributed by atoms with Gasteiger partial charge in [-0.05, 0) is 56.2 Å². The Labute approximate surface area is 164 Å². The van der Waals surface area contributed by atoms with Crippen molar-refractivity contribution in [2.24, 2.45) is 11.8 Å². The summed E-state index contributed by atoms with van der Waals surface area (Å²) < 4.78 is 58.3. The molecule has 0 bridgehead atoms. The molecule has 1 saturated heterocycles. The van der Waals surface area contributed by atoms with Gasteiger partial charge in [0.05, 0.1) is 4.90 Å². The molecule has 3 rings (SSSR count). The highest BCUT2D eigenvalue weighted by molar-refractivity contribution is 7.89. The number of hydrogen-bond donors (Lipinski definition) is 1. The van der Waals surface area contributed by atoms with Crippen molar-refractivity contribution in [1.82, 2.24) is 9.62 Å². The summed E-state index contributed by atoms with van der Waals surface area (Å²) in [7, 11) is -3.90. The number of amides is 1. The number of nitrogens with zero attached hydrogens (tertiary/aromatic N) is 1. The van der Waals surface area contributed by atoms with Gasteiger partial charge in [0.15, 0.2) is 11.6 Å². The number of nitrogens with one attached hydrogen (secondary N) is 1. The van der Waals surface area contributed by atoms with Gasteiger partial charge in [0.25, 0.3) is 0 Å².